The Balaban J connectivity index is 1.68. The minimum Gasteiger partial charge on any atom is -0.373 e. The Morgan fingerprint density at radius 2 is 2.31 bits per heavy atom. The highest BCUT2D eigenvalue weighted by atomic mass is 32.2. The first-order chi connectivity index (χ1) is 7.62. The van der Waals surface area contributed by atoms with E-state index in [2.05, 4.69) is 19.2 Å². The van der Waals surface area contributed by atoms with E-state index in [0.29, 0.717) is 18.2 Å². The third-order valence-corrected chi connectivity index (χ3v) is 4.66. The summed E-state index contributed by atoms with van der Waals surface area (Å²) in [6, 6.07) is 0.419. The SMILES string of the molecule is CC1(C)CCSC(=NC2CC3CCC2O3)N1. The molecule has 0 aromatic heterocycles. The molecule has 0 radical (unpaired) electrons. The van der Waals surface area contributed by atoms with E-state index in [9.17, 15) is 0 Å². The van der Waals surface area contributed by atoms with Crippen molar-refractivity contribution in [3.05, 3.63) is 0 Å². The maximum Gasteiger partial charge on any atom is 0.157 e. The average molecular weight is 240 g/mol. The highest BCUT2D eigenvalue weighted by Gasteiger charge is 2.41. The van der Waals surface area contributed by atoms with Gasteiger partial charge in [0.2, 0.25) is 0 Å². The van der Waals surface area contributed by atoms with E-state index in [4.69, 9.17) is 9.73 Å². The van der Waals surface area contributed by atoms with Crippen LogP contribution >= 0.6 is 11.8 Å². The van der Waals surface area contributed by atoms with Crippen LogP contribution in [0.1, 0.15) is 39.5 Å². The molecule has 0 aromatic rings. The number of nitrogens with one attached hydrogen (secondary N) is 1. The monoisotopic (exact) mass is 240 g/mol. The summed E-state index contributed by atoms with van der Waals surface area (Å²) >= 11 is 1.86. The third kappa shape index (κ3) is 2.09. The maximum absolute atomic E-state index is 5.83. The molecule has 1 N–H and O–H groups in total. The summed E-state index contributed by atoms with van der Waals surface area (Å²) in [4.78, 5) is 4.86. The number of aliphatic imine (C=N–C) groups is 1. The van der Waals surface area contributed by atoms with Crippen molar-refractivity contribution in [3.63, 3.8) is 0 Å². The van der Waals surface area contributed by atoms with Crippen LogP contribution in [0.5, 0.6) is 0 Å². The minimum absolute atomic E-state index is 0.211. The Labute approximate surface area is 101 Å². The van der Waals surface area contributed by atoms with Gasteiger partial charge in [-0.25, -0.2) is 0 Å². The molecule has 3 aliphatic heterocycles. The maximum atomic E-state index is 5.83. The Bertz CT molecular complexity index is 316. The lowest BCUT2D eigenvalue weighted by Crippen LogP contribution is -2.46. The van der Waals surface area contributed by atoms with Gasteiger partial charge in [0.1, 0.15) is 0 Å². The van der Waals surface area contributed by atoms with E-state index in [-0.39, 0.29) is 5.54 Å². The van der Waals surface area contributed by atoms with Crippen molar-refractivity contribution in [1.82, 2.24) is 5.32 Å². The van der Waals surface area contributed by atoms with Gasteiger partial charge in [-0.05, 0) is 39.5 Å². The lowest BCUT2D eigenvalue weighted by molar-refractivity contribution is 0.101. The quantitative estimate of drug-likeness (QED) is 0.762. The lowest BCUT2D eigenvalue weighted by atomic mass is 9.96. The number of amidine groups is 1. The molecule has 0 spiro atoms. The third-order valence-electron chi connectivity index (χ3n) is 3.77. The summed E-state index contributed by atoms with van der Waals surface area (Å²) in [5, 5.41) is 4.67. The second kappa shape index (κ2) is 3.91. The molecule has 3 fully saturated rings. The van der Waals surface area contributed by atoms with Gasteiger partial charge in [0, 0.05) is 11.3 Å². The molecular weight excluding hydrogens is 220 g/mol. The van der Waals surface area contributed by atoms with Crippen LogP contribution < -0.4 is 5.32 Å². The van der Waals surface area contributed by atoms with Crippen LogP contribution in [0.2, 0.25) is 0 Å². The van der Waals surface area contributed by atoms with Gasteiger partial charge in [-0.3, -0.25) is 4.99 Å². The van der Waals surface area contributed by atoms with Gasteiger partial charge in [0.25, 0.3) is 0 Å². The molecule has 3 atom stereocenters. The van der Waals surface area contributed by atoms with Crippen molar-refractivity contribution < 1.29 is 4.74 Å². The molecule has 4 heteroatoms. The van der Waals surface area contributed by atoms with Crippen molar-refractivity contribution in [2.45, 2.75) is 63.3 Å². The Hall–Kier alpha value is -0.220. The van der Waals surface area contributed by atoms with Gasteiger partial charge in [-0.1, -0.05) is 11.8 Å². The molecule has 2 bridgehead atoms. The van der Waals surface area contributed by atoms with E-state index in [1.165, 1.54) is 25.0 Å². The smallest absolute Gasteiger partial charge is 0.157 e. The molecule has 0 aromatic carbocycles. The number of fused-ring (bicyclic) bond motifs is 2. The van der Waals surface area contributed by atoms with Crippen LogP contribution in [0, 0.1) is 0 Å². The molecule has 3 rings (SSSR count). The molecule has 3 saturated heterocycles. The van der Waals surface area contributed by atoms with E-state index in [1.807, 2.05) is 11.8 Å². The molecule has 16 heavy (non-hydrogen) atoms. The Kier molecular flexibility index (Phi) is 2.67. The Morgan fingerprint density at radius 3 is 2.94 bits per heavy atom. The van der Waals surface area contributed by atoms with Crippen LogP contribution in [0.4, 0.5) is 0 Å². The lowest BCUT2D eigenvalue weighted by Gasteiger charge is -2.33. The first kappa shape index (κ1) is 10.9. The second-order valence-electron chi connectivity index (χ2n) is 5.72. The fourth-order valence-electron chi connectivity index (χ4n) is 2.76. The van der Waals surface area contributed by atoms with Crippen LogP contribution in [0.3, 0.4) is 0 Å². The number of hydrogen-bond acceptors (Lipinski definition) is 3. The van der Waals surface area contributed by atoms with E-state index < -0.39 is 0 Å². The van der Waals surface area contributed by atoms with Crippen LogP contribution in [-0.4, -0.2) is 34.7 Å². The number of rotatable bonds is 1. The molecular formula is C12H20N2OS. The van der Waals surface area contributed by atoms with E-state index >= 15 is 0 Å². The molecule has 0 saturated carbocycles. The zero-order valence-electron chi connectivity index (χ0n) is 10.0. The normalized spacial score (nSPS) is 43.6. The van der Waals surface area contributed by atoms with Crippen molar-refractivity contribution in [2.75, 3.05) is 5.75 Å². The summed E-state index contributed by atoms with van der Waals surface area (Å²) in [6.07, 6.45) is 5.71. The second-order valence-corrected chi connectivity index (χ2v) is 6.80. The highest BCUT2D eigenvalue weighted by Crippen LogP contribution is 2.36. The highest BCUT2D eigenvalue weighted by molar-refractivity contribution is 8.13. The van der Waals surface area contributed by atoms with Crippen LogP contribution in [-0.2, 0) is 4.74 Å². The van der Waals surface area contributed by atoms with Crippen molar-refractivity contribution >= 4 is 16.9 Å². The van der Waals surface area contributed by atoms with E-state index in [1.54, 1.807) is 0 Å². The van der Waals surface area contributed by atoms with Crippen LogP contribution in [0.15, 0.2) is 4.99 Å². The molecule has 90 valence electrons. The fourth-order valence-corrected chi connectivity index (χ4v) is 4.12. The predicted molar refractivity (Wildman–Crippen MR) is 68.0 cm³/mol. The molecule has 3 unspecified atom stereocenters. The van der Waals surface area contributed by atoms with Gasteiger partial charge < -0.3 is 10.1 Å². The number of ether oxygens (including phenoxy) is 1. The predicted octanol–water partition coefficient (Wildman–Crippen LogP) is 2.17. The molecule has 0 aliphatic carbocycles. The van der Waals surface area contributed by atoms with Crippen LogP contribution in [0.25, 0.3) is 0 Å². The van der Waals surface area contributed by atoms with Crippen molar-refractivity contribution in [1.29, 1.82) is 0 Å². The first-order valence-electron chi connectivity index (χ1n) is 6.27. The van der Waals surface area contributed by atoms with E-state index in [0.717, 1.165) is 11.6 Å². The zero-order chi connectivity index (χ0) is 11.2. The Morgan fingerprint density at radius 1 is 1.44 bits per heavy atom. The van der Waals surface area contributed by atoms with Gasteiger partial charge in [-0.2, -0.15) is 0 Å². The minimum atomic E-state index is 0.211. The van der Waals surface area contributed by atoms with Gasteiger partial charge in [0.15, 0.2) is 5.17 Å². The molecule has 3 heterocycles. The number of thioether (sulfide) groups is 1. The summed E-state index contributed by atoms with van der Waals surface area (Å²) < 4.78 is 5.83. The number of nitrogens with zero attached hydrogens (tertiary/aromatic N) is 1. The van der Waals surface area contributed by atoms with Gasteiger partial charge >= 0.3 is 0 Å². The molecule has 3 nitrogen and oxygen atoms in total. The van der Waals surface area contributed by atoms with Gasteiger partial charge in [0.05, 0.1) is 18.2 Å². The number of hydrogen-bond donors (Lipinski definition) is 1. The summed E-state index contributed by atoms with van der Waals surface area (Å²) in [7, 11) is 0. The first-order valence-corrected chi connectivity index (χ1v) is 7.25. The average Bonchev–Trinajstić information content (AvgIpc) is 2.77. The topological polar surface area (TPSA) is 33.6 Å². The molecule has 0 amide bonds. The fraction of sp³-hybridized carbons (Fsp3) is 0.917. The zero-order valence-corrected chi connectivity index (χ0v) is 10.8. The molecule has 3 aliphatic rings. The largest absolute Gasteiger partial charge is 0.373 e. The summed E-state index contributed by atoms with van der Waals surface area (Å²) in [5.41, 5.74) is 0.211. The standard InChI is InChI=1S/C12H20N2OS/c1-12(2)5-6-16-11(14-12)13-9-7-8-3-4-10(9)15-8/h8-10H,3-7H2,1-2H3,(H,13,14). The van der Waals surface area contributed by atoms with Crippen molar-refractivity contribution in [2.24, 2.45) is 4.99 Å². The summed E-state index contributed by atoms with van der Waals surface area (Å²) in [5.74, 6) is 1.18. The summed E-state index contributed by atoms with van der Waals surface area (Å²) in [6.45, 7) is 4.50. The van der Waals surface area contributed by atoms with Gasteiger partial charge in [-0.15, -0.1) is 0 Å². The van der Waals surface area contributed by atoms with Crippen molar-refractivity contribution in [3.8, 4) is 0 Å².